The molecule has 1 N–H and O–H groups in total. The van der Waals surface area contributed by atoms with E-state index in [1.54, 1.807) is 0 Å². The van der Waals surface area contributed by atoms with Crippen LogP contribution in [0, 0.1) is 11.6 Å². The summed E-state index contributed by atoms with van der Waals surface area (Å²) in [5, 5.41) is 2.88. The van der Waals surface area contributed by atoms with E-state index in [2.05, 4.69) is 20.0 Å². The third-order valence-electron chi connectivity index (χ3n) is 2.50. The number of carbonyl (C=O) groups is 1. The number of hydrogen-bond donors (Lipinski definition) is 1. The average Bonchev–Trinajstić information content (AvgIpc) is 2.48. The lowest BCUT2D eigenvalue weighted by Gasteiger charge is -2.06. The van der Waals surface area contributed by atoms with E-state index < -0.39 is 17.6 Å². The highest BCUT2D eigenvalue weighted by molar-refractivity contribution is 5.86. The molecule has 0 fully saturated rings. The maximum Gasteiger partial charge on any atom is 0.358 e. The van der Waals surface area contributed by atoms with Gasteiger partial charge in [-0.15, -0.1) is 0 Å². The topological polar surface area (TPSA) is 64.1 Å². The van der Waals surface area contributed by atoms with Crippen LogP contribution in [0.3, 0.4) is 0 Å². The zero-order chi connectivity index (χ0) is 14.5. The summed E-state index contributed by atoms with van der Waals surface area (Å²) in [7, 11) is 1.25. The Balaban J connectivity index is 2.00. The molecule has 1 aromatic carbocycles. The van der Waals surface area contributed by atoms with Crippen LogP contribution in [-0.2, 0) is 11.3 Å². The maximum absolute atomic E-state index is 13.0. The third-order valence-corrected chi connectivity index (χ3v) is 2.50. The molecule has 0 saturated heterocycles. The van der Waals surface area contributed by atoms with Crippen LogP contribution < -0.4 is 5.32 Å². The maximum atomic E-state index is 13.0. The summed E-state index contributed by atoms with van der Waals surface area (Å²) in [4.78, 5) is 19.0. The van der Waals surface area contributed by atoms with E-state index >= 15 is 0 Å². The fourth-order valence-electron chi connectivity index (χ4n) is 1.47. The molecular weight excluding hydrogens is 268 g/mol. The largest absolute Gasteiger partial charge is 0.464 e. The van der Waals surface area contributed by atoms with Crippen molar-refractivity contribution >= 4 is 11.8 Å². The highest BCUT2D eigenvalue weighted by Crippen LogP contribution is 2.10. The molecule has 20 heavy (non-hydrogen) atoms. The van der Waals surface area contributed by atoms with Crippen LogP contribution in [-0.4, -0.2) is 23.0 Å². The molecule has 0 spiro atoms. The number of nitrogens with one attached hydrogen (secondary N) is 1. The lowest BCUT2D eigenvalue weighted by atomic mass is 10.2. The number of hydrogen-bond acceptors (Lipinski definition) is 5. The van der Waals surface area contributed by atoms with Crippen molar-refractivity contribution in [2.45, 2.75) is 6.54 Å². The molecule has 104 valence electrons. The Morgan fingerprint density at radius 3 is 2.65 bits per heavy atom. The minimum absolute atomic E-state index is 0.0888. The molecule has 0 aliphatic carbocycles. The van der Waals surface area contributed by atoms with Crippen LogP contribution in [0.4, 0.5) is 14.6 Å². The first kappa shape index (κ1) is 13.9. The quantitative estimate of drug-likeness (QED) is 0.869. The number of rotatable bonds is 4. The van der Waals surface area contributed by atoms with Crippen LogP contribution in [0.15, 0.2) is 30.6 Å². The summed E-state index contributed by atoms with van der Waals surface area (Å²) in [5.41, 5.74) is 0.647. The van der Waals surface area contributed by atoms with Crippen LogP contribution in [0.1, 0.15) is 16.1 Å². The van der Waals surface area contributed by atoms with Crippen molar-refractivity contribution in [1.29, 1.82) is 0 Å². The molecule has 0 unspecified atom stereocenters. The molecule has 0 bridgehead atoms. The molecule has 1 heterocycles. The van der Waals surface area contributed by atoms with Gasteiger partial charge in [-0.05, 0) is 17.7 Å². The fourth-order valence-corrected chi connectivity index (χ4v) is 1.47. The second kappa shape index (κ2) is 6.05. The van der Waals surface area contributed by atoms with Crippen LogP contribution in [0.5, 0.6) is 0 Å². The zero-order valence-electron chi connectivity index (χ0n) is 10.6. The van der Waals surface area contributed by atoms with Gasteiger partial charge in [0.1, 0.15) is 5.82 Å². The molecule has 7 heteroatoms. The number of aromatic nitrogens is 2. The summed E-state index contributed by atoms with van der Waals surface area (Å²) in [6.45, 7) is 0.253. The second-order valence-corrected chi connectivity index (χ2v) is 3.88. The van der Waals surface area contributed by atoms with Crippen molar-refractivity contribution in [3.63, 3.8) is 0 Å². The van der Waals surface area contributed by atoms with Crippen molar-refractivity contribution in [2.24, 2.45) is 0 Å². The first-order chi connectivity index (χ1) is 9.60. The first-order valence-electron chi connectivity index (χ1n) is 5.68. The zero-order valence-corrected chi connectivity index (χ0v) is 10.6. The minimum Gasteiger partial charge on any atom is -0.464 e. The van der Waals surface area contributed by atoms with Gasteiger partial charge in [0.15, 0.2) is 17.3 Å². The van der Waals surface area contributed by atoms with E-state index in [0.29, 0.717) is 11.4 Å². The van der Waals surface area contributed by atoms with Gasteiger partial charge in [-0.3, -0.25) is 0 Å². The Morgan fingerprint density at radius 1 is 1.25 bits per heavy atom. The smallest absolute Gasteiger partial charge is 0.358 e. The summed E-state index contributed by atoms with van der Waals surface area (Å²) in [6, 6.07) is 3.61. The molecule has 2 rings (SSSR count). The SMILES string of the molecule is COC(=O)c1cnc(NCc2ccc(F)c(F)c2)cn1. The van der Waals surface area contributed by atoms with Crippen LogP contribution in [0.25, 0.3) is 0 Å². The molecule has 5 nitrogen and oxygen atoms in total. The van der Waals surface area contributed by atoms with Gasteiger partial charge in [-0.2, -0.15) is 0 Å². The number of halogens is 2. The van der Waals surface area contributed by atoms with E-state index in [0.717, 1.165) is 12.1 Å². The minimum atomic E-state index is -0.906. The summed E-state index contributed by atoms with van der Waals surface area (Å²) in [6.07, 6.45) is 2.62. The molecule has 0 amide bonds. The highest BCUT2D eigenvalue weighted by Gasteiger charge is 2.07. The van der Waals surface area contributed by atoms with Gasteiger partial charge < -0.3 is 10.1 Å². The Bertz CT molecular complexity index is 618. The Kier molecular flexibility index (Phi) is 4.19. The van der Waals surface area contributed by atoms with Gasteiger partial charge in [-0.1, -0.05) is 6.07 Å². The van der Waals surface area contributed by atoms with Crippen molar-refractivity contribution in [3.8, 4) is 0 Å². The number of esters is 1. The Morgan fingerprint density at radius 2 is 2.05 bits per heavy atom. The molecule has 2 aromatic rings. The van der Waals surface area contributed by atoms with Crippen molar-refractivity contribution in [1.82, 2.24) is 9.97 Å². The predicted octanol–water partition coefficient (Wildman–Crippen LogP) is 2.15. The van der Waals surface area contributed by atoms with Gasteiger partial charge in [0, 0.05) is 6.54 Å². The van der Waals surface area contributed by atoms with Crippen molar-refractivity contribution < 1.29 is 18.3 Å². The fraction of sp³-hybridized carbons (Fsp3) is 0.154. The van der Waals surface area contributed by atoms with Gasteiger partial charge in [0.25, 0.3) is 0 Å². The molecule has 0 saturated carbocycles. The summed E-state index contributed by atoms with van der Waals surface area (Å²) < 4.78 is 30.2. The molecule has 0 atom stereocenters. The summed E-state index contributed by atoms with van der Waals surface area (Å²) >= 11 is 0. The predicted molar refractivity (Wildman–Crippen MR) is 67.1 cm³/mol. The highest BCUT2D eigenvalue weighted by atomic mass is 19.2. The van der Waals surface area contributed by atoms with Gasteiger partial charge >= 0.3 is 5.97 Å². The van der Waals surface area contributed by atoms with Crippen molar-refractivity contribution in [2.75, 3.05) is 12.4 Å². The number of nitrogens with zero attached hydrogens (tertiary/aromatic N) is 2. The third kappa shape index (κ3) is 3.25. The average molecular weight is 279 g/mol. The van der Waals surface area contributed by atoms with E-state index in [4.69, 9.17) is 0 Å². The van der Waals surface area contributed by atoms with Gasteiger partial charge in [0.2, 0.25) is 0 Å². The number of ether oxygens (including phenoxy) is 1. The second-order valence-electron chi connectivity index (χ2n) is 3.88. The lowest BCUT2D eigenvalue weighted by molar-refractivity contribution is 0.0593. The first-order valence-corrected chi connectivity index (χ1v) is 5.68. The summed E-state index contributed by atoms with van der Waals surface area (Å²) in [5.74, 6) is -1.97. The monoisotopic (exact) mass is 279 g/mol. The van der Waals surface area contributed by atoms with E-state index in [1.165, 1.54) is 25.6 Å². The van der Waals surface area contributed by atoms with Crippen LogP contribution >= 0.6 is 0 Å². The number of methoxy groups -OCH3 is 1. The molecule has 0 aliphatic rings. The van der Waals surface area contributed by atoms with E-state index in [1.807, 2.05) is 0 Å². The van der Waals surface area contributed by atoms with Crippen LogP contribution in [0.2, 0.25) is 0 Å². The Hall–Kier alpha value is -2.57. The number of benzene rings is 1. The van der Waals surface area contributed by atoms with Gasteiger partial charge in [-0.25, -0.2) is 23.5 Å². The van der Waals surface area contributed by atoms with E-state index in [-0.39, 0.29) is 12.2 Å². The van der Waals surface area contributed by atoms with E-state index in [9.17, 15) is 13.6 Å². The normalized spacial score (nSPS) is 10.2. The van der Waals surface area contributed by atoms with Crippen molar-refractivity contribution in [3.05, 3.63) is 53.5 Å². The molecule has 0 radical (unpaired) electrons. The standard InChI is InChI=1S/C13H11F2N3O2/c1-20-13(19)11-6-18-12(7-16-11)17-5-8-2-3-9(14)10(15)4-8/h2-4,6-7H,5H2,1H3,(H,17,18). The molecule has 1 aromatic heterocycles. The number of anilines is 1. The molecule has 0 aliphatic heterocycles. The number of carbonyl (C=O) groups excluding carboxylic acids is 1. The Labute approximate surface area is 113 Å². The lowest BCUT2D eigenvalue weighted by Crippen LogP contribution is -2.07. The molecular formula is C13H11F2N3O2. The van der Waals surface area contributed by atoms with Gasteiger partial charge in [0.05, 0.1) is 19.5 Å².